The molecule has 4 N–H and O–H groups in total. The standard InChI is InChI=1S/C11H18N4O4/c1-11(2,3)19-10(18)13-6-9(17)12-5-7-4-8(16)15-14-7/h4H,5-6H2,1-3H3,(H,12,17)(H,13,18)(H2,14,15,16). The first-order chi connectivity index (χ1) is 8.76. The van der Waals surface area contributed by atoms with E-state index >= 15 is 0 Å². The summed E-state index contributed by atoms with van der Waals surface area (Å²) in [5, 5.41) is 9.80. The zero-order valence-electron chi connectivity index (χ0n) is 11.1. The number of nitrogens with one attached hydrogen (secondary N) is 4. The van der Waals surface area contributed by atoms with Crippen LogP contribution in [0.5, 0.6) is 0 Å². The lowest BCUT2D eigenvalue weighted by atomic mass is 10.2. The third kappa shape index (κ3) is 6.29. The maximum atomic E-state index is 11.4. The summed E-state index contributed by atoms with van der Waals surface area (Å²) >= 11 is 0. The number of hydrogen-bond acceptors (Lipinski definition) is 4. The average Bonchev–Trinajstić information content (AvgIpc) is 2.67. The number of aromatic amines is 2. The van der Waals surface area contributed by atoms with Gasteiger partial charge in [0.25, 0.3) is 5.56 Å². The van der Waals surface area contributed by atoms with Gasteiger partial charge in [-0.15, -0.1) is 0 Å². The second-order valence-electron chi connectivity index (χ2n) is 4.92. The van der Waals surface area contributed by atoms with Crippen molar-refractivity contribution in [1.82, 2.24) is 20.8 Å². The van der Waals surface area contributed by atoms with Crippen molar-refractivity contribution in [3.8, 4) is 0 Å². The summed E-state index contributed by atoms with van der Waals surface area (Å²) in [6.07, 6.45) is -0.655. The highest BCUT2D eigenvalue weighted by molar-refractivity contribution is 5.82. The van der Waals surface area contributed by atoms with Crippen LogP contribution in [0.4, 0.5) is 4.79 Å². The minimum absolute atomic E-state index is 0.174. The molecule has 0 unspecified atom stereocenters. The zero-order valence-corrected chi connectivity index (χ0v) is 11.1. The normalized spacial score (nSPS) is 10.9. The molecule has 0 fully saturated rings. The molecule has 1 aromatic rings. The number of ether oxygens (including phenoxy) is 1. The van der Waals surface area contributed by atoms with Crippen LogP contribution in [-0.4, -0.2) is 34.3 Å². The van der Waals surface area contributed by atoms with Gasteiger partial charge in [0.15, 0.2) is 0 Å². The van der Waals surface area contributed by atoms with Crippen LogP contribution >= 0.6 is 0 Å². The van der Waals surface area contributed by atoms with Gasteiger partial charge in [0.2, 0.25) is 5.91 Å². The SMILES string of the molecule is CC(C)(C)OC(=O)NCC(=O)NCc1cc(=O)[nH][nH]1. The molecule has 0 aliphatic heterocycles. The first-order valence-electron chi connectivity index (χ1n) is 5.76. The van der Waals surface area contributed by atoms with E-state index in [0.717, 1.165) is 0 Å². The first kappa shape index (κ1) is 14.8. The Morgan fingerprint density at radius 2 is 1.95 bits per heavy atom. The van der Waals surface area contributed by atoms with Crippen LogP contribution in [0.25, 0.3) is 0 Å². The quantitative estimate of drug-likeness (QED) is 0.608. The van der Waals surface area contributed by atoms with Gasteiger partial charge in [-0.05, 0) is 20.8 Å². The highest BCUT2D eigenvalue weighted by Gasteiger charge is 2.16. The fraction of sp³-hybridized carbons (Fsp3) is 0.545. The molecule has 8 heteroatoms. The van der Waals surface area contributed by atoms with Gasteiger partial charge in [-0.25, -0.2) is 4.79 Å². The Bertz CT molecular complexity index is 497. The smallest absolute Gasteiger partial charge is 0.408 e. The number of hydrogen-bond donors (Lipinski definition) is 4. The van der Waals surface area contributed by atoms with Crippen molar-refractivity contribution in [2.24, 2.45) is 0 Å². The fourth-order valence-corrected chi connectivity index (χ4v) is 1.19. The highest BCUT2D eigenvalue weighted by Crippen LogP contribution is 2.05. The van der Waals surface area contributed by atoms with E-state index in [1.54, 1.807) is 20.8 Å². The lowest BCUT2D eigenvalue weighted by Crippen LogP contribution is -2.39. The summed E-state index contributed by atoms with van der Waals surface area (Å²) in [7, 11) is 0. The van der Waals surface area contributed by atoms with Crippen molar-refractivity contribution in [2.45, 2.75) is 32.9 Å². The van der Waals surface area contributed by atoms with Crippen molar-refractivity contribution in [3.05, 3.63) is 22.1 Å². The third-order valence-corrected chi connectivity index (χ3v) is 1.92. The van der Waals surface area contributed by atoms with Gasteiger partial charge < -0.3 is 20.5 Å². The largest absolute Gasteiger partial charge is 0.444 e. The van der Waals surface area contributed by atoms with E-state index in [1.165, 1.54) is 6.07 Å². The van der Waals surface area contributed by atoms with Crippen molar-refractivity contribution in [1.29, 1.82) is 0 Å². The molecule has 0 saturated heterocycles. The molecule has 1 aromatic heterocycles. The number of H-pyrrole nitrogens is 2. The van der Waals surface area contributed by atoms with Crippen molar-refractivity contribution in [3.63, 3.8) is 0 Å². The molecule has 106 valence electrons. The predicted octanol–water partition coefficient (Wildman–Crippen LogP) is -0.156. The summed E-state index contributed by atoms with van der Waals surface area (Å²) in [5.74, 6) is -0.382. The van der Waals surface area contributed by atoms with Crippen molar-refractivity contribution < 1.29 is 14.3 Å². The number of alkyl carbamates (subject to hydrolysis) is 1. The summed E-state index contributed by atoms with van der Waals surface area (Å²) in [4.78, 5) is 33.5. The van der Waals surface area contributed by atoms with Crippen molar-refractivity contribution >= 4 is 12.0 Å². The van der Waals surface area contributed by atoms with Crippen LogP contribution in [0.1, 0.15) is 26.5 Å². The Morgan fingerprint density at radius 3 is 2.47 bits per heavy atom. The molecule has 1 heterocycles. The molecule has 0 radical (unpaired) electrons. The lowest BCUT2D eigenvalue weighted by Gasteiger charge is -2.19. The summed E-state index contributed by atoms with van der Waals surface area (Å²) in [6, 6.07) is 1.33. The molecule has 2 amide bonds. The van der Waals surface area contributed by atoms with E-state index in [4.69, 9.17) is 4.74 Å². The third-order valence-electron chi connectivity index (χ3n) is 1.92. The van der Waals surface area contributed by atoms with E-state index in [-0.39, 0.29) is 24.6 Å². The van der Waals surface area contributed by atoms with Gasteiger partial charge in [-0.3, -0.25) is 14.7 Å². The zero-order chi connectivity index (χ0) is 14.5. The molecule has 0 aliphatic carbocycles. The van der Waals surface area contributed by atoms with Crippen LogP contribution in [0, 0.1) is 0 Å². The minimum atomic E-state index is -0.655. The Hall–Kier alpha value is -2.25. The molecular formula is C11H18N4O4. The Balaban J connectivity index is 2.25. The molecule has 0 aromatic carbocycles. The average molecular weight is 270 g/mol. The van der Waals surface area contributed by atoms with E-state index < -0.39 is 11.7 Å². The molecular weight excluding hydrogens is 252 g/mol. The maximum absolute atomic E-state index is 11.4. The number of rotatable bonds is 4. The summed E-state index contributed by atoms with van der Waals surface area (Å²) in [6.45, 7) is 5.18. The van der Waals surface area contributed by atoms with Crippen molar-refractivity contribution in [2.75, 3.05) is 6.54 Å². The van der Waals surface area contributed by atoms with Gasteiger partial charge >= 0.3 is 6.09 Å². The van der Waals surface area contributed by atoms with E-state index in [1.807, 2.05) is 0 Å². The fourth-order valence-electron chi connectivity index (χ4n) is 1.19. The van der Waals surface area contributed by atoms with Gasteiger partial charge in [-0.2, -0.15) is 0 Å². The van der Waals surface area contributed by atoms with Crippen LogP contribution < -0.4 is 16.2 Å². The topological polar surface area (TPSA) is 116 Å². The summed E-state index contributed by atoms with van der Waals surface area (Å²) in [5.41, 5.74) is -0.322. The Morgan fingerprint density at radius 1 is 1.26 bits per heavy atom. The van der Waals surface area contributed by atoms with Crippen LogP contribution in [0.15, 0.2) is 10.9 Å². The van der Waals surface area contributed by atoms with Gasteiger partial charge in [-0.1, -0.05) is 0 Å². The molecule has 0 saturated carbocycles. The molecule has 8 nitrogen and oxygen atoms in total. The lowest BCUT2D eigenvalue weighted by molar-refractivity contribution is -0.120. The van der Waals surface area contributed by atoms with Gasteiger partial charge in [0.05, 0.1) is 12.2 Å². The molecule has 0 bridgehead atoms. The predicted molar refractivity (Wildman–Crippen MR) is 67.5 cm³/mol. The molecule has 0 atom stereocenters. The van der Waals surface area contributed by atoms with E-state index in [2.05, 4.69) is 20.8 Å². The second-order valence-corrected chi connectivity index (χ2v) is 4.92. The number of aromatic nitrogens is 2. The monoisotopic (exact) mass is 270 g/mol. The number of amides is 2. The molecule has 19 heavy (non-hydrogen) atoms. The number of carbonyl (C=O) groups excluding carboxylic acids is 2. The molecule has 0 spiro atoms. The van der Waals surface area contributed by atoms with E-state index in [9.17, 15) is 14.4 Å². The Kier molecular flexibility index (Phi) is 4.74. The van der Waals surface area contributed by atoms with E-state index in [0.29, 0.717) is 5.69 Å². The minimum Gasteiger partial charge on any atom is -0.444 e. The van der Waals surface area contributed by atoms with Gasteiger partial charge in [0, 0.05) is 6.07 Å². The Labute approximate surface area is 109 Å². The number of carbonyl (C=O) groups is 2. The van der Waals surface area contributed by atoms with Crippen LogP contribution in [0.2, 0.25) is 0 Å². The first-order valence-corrected chi connectivity index (χ1v) is 5.76. The molecule has 1 rings (SSSR count). The maximum Gasteiger partial charge on any atom is 0.408 e. The van der Waals surface area contributed by atoms with Crippen LogP contribution in [-0.2, 0) is 16.1 Å². The molecule has 0 aliphatic rings. The second kappa shape index (κ2) is 6.07. The van der Waals surface area contributed by atoms with Crippen LogP contribution in [0.3, 0.4) is 0 Å². The van der Waals surface area contributed by atoms with Gasteiger partial charge in [0.1, 0.15) is 12.1 Å². The summed E-state index contributed by atoms with van der Waals surface area (Å²) < 4.78 is 4.97. The highest BCUT2D eigenvalue weighted by atomic mass is 16.6.